The highest BCUT2D eigenvalue weighted by Crippen LogP contribution is 1.81. The lowest BCUT2D eigenvalue weighted by Gasteiger charge is -2.05. The molecule has 2 N–H and O–H groups in total. The van der Waals surface area contributed by atoms with E-state index in [0.29, 0.717) is 6.61 Å². The van der Waals surface area contributed by atoms with Gasteiger partial charge in [0.15, 0.2) is 0 Å². The van der Waals surface area contributed by atoms with Gasteiger partial charge in [-0.25, -0.2) is 17.9 Å². The van der Waals surface area contributed by atoms with Gasteiger partial charge in [-0.15, -0.1) is 0 Å². The predicted octanol–water partition coefficient (Wildman–Crippen LogP) is -0.328. The average molecular weight is 224 g/mol. The van der Waals surface area contributed by atoms with E-state index in [1.807, 2.05) is 6.92 Å². The molecule has 0 aromatic rings. The van der Waals surface area contributed by atoms with Gasteiger partial charge in [-0.1, -0.05) is 6.92 Å². The number of nitrogens with one attached hydrogen (secondary N) is 2. The number of sulfonamides is 1. The fourth-order valence-corrected chi connectivity index (χ4v) is 1.12. The molecule has 0 aliphatic carbocycles. The molecule has 0 saturated heterocycles. The van der Waals surface area contributed by atoms with Crippen LogP contribution in [0, 0.1) is 0 Å². The average Bonchev–Trinajstić information content (AvgIpc) is 2.07. The zero-order valence-corrected chi connectivity index (χ0v) is 9.19. The summed E-state index contributed by atoms with van der Waals surface area (Å²) in [6, 6.07) is 0. The van der Waals surface area contributed by atoms with Crippen molar-refractivity contribution in [2.24, 2.45) is 0 Å². The smallest absolute Gasteiger partial charge is 0.407 e. The van der Waals surface area contributed by atoms with Crippen LogP contribution in [0.4, 0.5) is 4.79 Å². The maximum atomic E-state index is 10.8. The number of carbonyl (C=O) groups is 1. The molecule has 0 aromatic carbocycles. The van der Waals surface area contributed by atoms with Crippen molar-refractivity contribution < 1.29 is 17.9 Å². The van der Waals surface area contributed by atoms with Crippen molar-refractivity contribution in [1.82, 2.24) is 10.0 Å². The summed E-state index contributed by atoms with van der Waals surface area (Å²) in [5.74, 6) is 0. The molecular formula is C7H16N2O4S. The van der Waals surface area contributed by atoms with Crippen molar-refractivity contribution in [3.05, 3.63) is 0 Å². The van der Waals surface area contributed by atoms with Crippen molar-refractivity contribution in [3.63, 3.8) is 0 Å². The van der Waals surface area contributed by atoms with Crippen LogP contribution in [0.1, 0.15) is 13.3 Å². The maximum absolute atomic E-state index is 10.8. The lowest BCUT2D eigenvalue weighted by atomic mass is 10.5. The van der Waals surface area contributed by atoms with Gasteiger partial charge in [0.25, 0.3) is 0 Å². The zero-order chi connectivity index (χ0) is 11.0. The molecule has 0 unspecified atom stereocenters. The summed E-state index contributed by atoms with van der Waals surface area (Å²) in [4.78, 5) is 10.8. The van der Waals surface area contributed by atoms with E-state index in [9.17, 15) is 13.2 Å². The molecule has 0 aliphatic heterocycles. The first-order valence-corrected chi connectivity index (χ1v) is 6.20. The van der Waals surface area contributed by atoms with Crippen LogP contribution in [-0.4, -0.2) is 40.5 Å². The van der Waals surface area contributed by atoms with E-state index in [4.69, 9.17) is 4.74 Å². The molecule has 7 heteroatoms. The van der Waals surface area contributed by atoms with Crippen molar-refractivity contribution in [2.75, 3.05) is 26.0 Å². The normalized spacial score (nSPS) is 11.0. The molecule has 0 aromatic heterocycles. The Balaban J connectivity index is 3.41. The Morgan fingerprint density at radius 2 is 2.00 bits per heavy atom. The van der Waals surface area contributed by atoms with Crippen LogP contribution in [0.2, 0.25) is 0 Å². The van der Waals surface area contributed by atoms with E-state index in [0.717, 1.165) is 12.7 Å². The fraction of sp³-hybridized carbons (Fsp3) is 0.857. The van der Waals surface area contributed by atoms with Gasteiger partial charge in [0.05, 0.1) is 12.9 Å². The molecule has 0 fully saturated rings. The first kappa shape index (κ1) is 13.2. The first-order chi connectivity index (χ1) is 6.45. The van der Waals surface area contributed by atoms with Crippen LogP contribution in [0.15, 0.2) is 0 Å². The van der Waals surface area contributed by atoms with E-state index in [-0.39, 0.29) is 13.1 Å². The predicted molar refractivity (Wildman–Crippen MR) is 52.5 cm³/mol. The van der Waals surface area contributed by atoms with Crippen LogP contribution < -0.4 is 10.0 Å². The Bertz CT molecular complexity index is 263. The minimum atomic E-state index is -3.18. The minimum Gasteiger partial charge on any atom is -0.450 e. The Morgan fingerprint density at radius 1 is 1.36 bits per heavy atom. The molecule has 0 aliphatic rings. The van der Waals surface area contributed by atoms with Crippen molar-refractivity contribution in [3.8, 4) is 0 Å². The fourth-order valence-electron chi connectivity index (χ4n) is 0.647. The number of amides is 1. The molecule has 1 amide bonds. The lowest BCUT2D eigenvalue weighted by Crippen LogP contribution is -2.34. The summed E-state index contributed by atoms with van der Waals surface area (Å²) < 4.78 is 28.1. The summed E-state index contributed by atoms with van der Waals surface area (Å²) in [6.45, 7) is 2.64. The van der Waals surface area contributed by atoms with E-state index < -0.39 is 16.1 Å². The number of hydrogen-bond donors (Lipinski definition) is 2. The molecule has 14 heavy (non-hydrogen) atoms. The van der Waals surface area contributed by atoms with Gasteiger partial charge in [0.1, 0.15) is 0 Å². The lowest BCUT2D eigenvalue weighted by molar-refractivity contribution is 0.146. The highest BCUT2D eigenvalue weighted by molar-refractivity contribution is 7.88. The number of rotatable bonds is 6. The van der Waals surface area contributed by atoms with Gasteiger partial charge in [-0.2, -0.15) is 0 Å². The van der Waals surface area contributed by atoms with Gasteiger partial charge in [0, 0.05) is 13.1 Å². The second-order valence-electron chi connectivity index (χ2n) is 2.73. The first-order valence-electron chi connectivity index (χ1n) is 4.31. The molecule has 0 heterocycles. The van der Waals surface area contributed by atoms with Crippen molar-refractivity contribution in [1.29, 1.82) is 0 Å². The summed E-state index contributed by atoms with van der Waals surface area (Å²) in [5, 5.41) is 2.40. The van der Waals surface area contributed by atoms with Crippen molar-refractivity contribution >= 4 is 16.1 Å². The van der Waals surface area contributed by atoms with E-state index in [1.54, 1.807) is 0 Å². The highest BCUT2D eigenvalue weighted by atomic mass is 32.2. The van der Waals surface area contributed by atoms with Crippen LogP contribution in [0.3, 0.4) is 0 Å². The molecule has 0 atom stereocenters. The largest absolute Gasteiger partial charge is 0.450 e. The summed E-state index contributed by atoms with van der Waals surface area (Å²) in [5.41, 5.74) is 0. The number of ether oxygens (including phenoxy) is 1. The van der Waals surface area contributed by atoms with Crippen molar-refractivity contribution in [2.45, 2.75) is 13.3 Å². The topological polar surface area (TPSA) is 84.5 Å². The Kier molecular flexibility index (Phi) is 6.22. The molecule has 0 bridgehead atoms. The molecule has 0 radical (unpaired) electrons. The van der Waals surface area contributed by atoms with E-state index in [2.05, 4.69) is 10.0 Å². The summed E-state index contributed by atoms with van der Waals surface area (Å²) in [6.07, 6.45) is 1.29. The van der Waals surface area contributed by atoms with Gasteiger partial charge in [-0.3, -0.25) is 0 Å². The molecule has 6 nitrogen and oxygen atoms in total. The van der Waals surface area contributed by atoms with E-state index in [1.165, 1.54) is 0 Å². The SMILES string of the molecule is CCCOC(=O)NCCNS(C)(=O)=O. The standard InChI is InChI=1S/C7H16N2O4S/c1-3-6-13-7(10)8-4-5-9-14(2,11)12/h9H,3-6H2,1-2H3,(H,8,10). The van der Waals surface area contributed by atoms with Gasteiger partial charge in [-0.05, 0) is 6.42 Å². The van der Waals surface area contributed by atoms with Gasteiger partial charge >= 0.3 is 6.09 Å². The number of carbonyl (C=O) groups excluding carboxylic acids is 1. The van der Waals surface area contributed by atoms with Crippen LogP contribution >= 0.6 is 0 Å². The van der Waals surface area contributed by atoms with Gasteiger partial charge < -0.3 is 10.1 Å². The number of alkyl carbamates (subject to hydrolysis) is 1. The molecule has 0 rings (SSSR count). The van der Waals surface area contributed by atoms with Crippen LogP contribution in [0.25, 0.3) is 0 Å². The third-order valence-corrected chi connectivity index (χ3v) is 1.92. The monoisotopic (exact) mass is 224 g/mol. The van der Waals surface area contributed by atoms with Crippen LogP contribution in [-0.2, 0) is 14.8 Å². The Hall–Kier alpha value is -0.820. The Morgan fingerprint density at radius 3 is 2.50 bits per heavy atom. The van der Waals surface area contributed by atoms with E-state index >= 15 is 0 Å². The molecular weight excluding hydrogens is 208 g/mol. The molecule has 0 spiro atoms. The second kappa shape index (κ2) is 6.61. The molecule has 0 saturated carbocycles. The zero-order valence-electron chi connectivity index (χ0n) is 8.37. The quantitative estimate of drug-likeness (QED) is 0.605. The number of hydrogen-bond acceptors (Lipinski definition) is 4. The second-order valence-corrected chi connectivity index (χ2v) is 4.56. The molecule has 84 valence electrons. The van der Waals surface area contributed by atoms with Gasteiger partial charge in [0.2, 0.25) is 10.0 Å². The Labute approximate surface area is 84.1 Å². The maximum Gasteiger partial charge on any atom is 0.407 e. The summed E-state index contributed by atoms with van der Waals surface area (Å²) in [7, 11) is -3.18. The summed E-state index contributed by atoms with van der Waals surface area (Å²) >= 11 is 0. The third kappa shape index (κ3) is 9.27. The van der Waals surface area contributed by atoms with Crippen LogP contribution in [0.5, 0.6) is 0 Å². The minimum absolute atomic E-state index is 0.167. The third-order valence-electron chi connectivity index (χ3n) is 1.20. The highest BCUT2D eigenvalue weighted by Gasteiger charge is 2.01.